The van der Waals surface area contributed by atoms with Crippen molar-refractivity contribution in [1.82, 2.24) is 24.8 Å². The number of aliphatic hydroxyl groups is 2. The lowest BCUT2D eigenvalue weighted by Gasteiger charge is -2.16. The number of hydrogen-bond acceptors (Lipinski definition) is 10. The number of carbonyl (C=O) groups is 1. The molecule has 1 aromatic carbocycles. The van der Waals surface area contributed by atoms with Crippen molar-refractivity contribution in [3.05, 3.63) is 48.1 Å². The highest BCUT2D eigenvalue weighted by Gasteiger charge is 2.43. The van der Waals surface area contributed by atoms with Crippen LogP contribution < -0.4 is 11.1 Å². The molecule has 3 aromatic rings. The number of nitrogen functional groups attached to an aromatic ring is 1. The maximum Gasteiger partial charge on any atom is 0.416 e. The SMILES string of the molecule is Nc1ncnc2c1ncn2[C@@H]1O[C@H](/C=C/CNC(=O)c2cc(C(F)(F)F)cc(O)c2O)[C@H](O)[C@@H]1O. The number of aliphatic hydroxyl groups excluding tert-OH is 2. The zero-order valence-electron chi connectivity index (χ0n) is 17.6. The number of anilines is 1. The molecule has 0 unspecified atom stereocenters. The lowest BCUT2D eigenvalue weighted by molar-refractivity contribution is -0.137. The summed E-state index contributed by atoms with van der Waals surface area (Å²) in [6, 6.07) is 0.709. The fourth-order valence-corrected chi connectivity index (χ4v) is 3.54. The van der Waals surface area contributed by atoms with Crippen molar-refractivity contribution in [3.63, 3.8) is 0 Å². The molecule has 0 aliphatic carbocycles. The number of alkyl halides is 3. The van der Waals surface area contributed by atoms with Crippen LogP contribution in [0.15, 0.2) is 36.9 Å². The fraction of sp³-hybridized carbons (Fsp3) is 0.300. The molecule has 1 amide bonds. The molecule has 4 rings (SSSR count). The van der Waals surface area contributed by atoms with Crippen LogP contribution in [0.5, 0.6) is 11.5 Å². The smallest absolute Gasteiger partial charge is 0.416 e. The van der Waals surface area contributed by atoms with Gasteiger partial charge in [0.15, 0.2) is 29.2 Å². The van der Waals surface area contributed by atoms with E-state index in [1.54, 1.807) is 0 Å². The molecule has 1 saturated heterocycles. The molecule has 3 heterocycles. The molecule has 35 heavy (non-hydrogen) atoms. The van der Waals surface area contributed by atoms with Gasteiger partial charge >= 0.3 is 6.18 Å². The van der Waals surface area contributed by atoms with E-state index >= 15 is 0 Å². The number of ether oxygens (including phenoxy) is 1. The van der Waals surface area contributed by atoms with Crippen molar-refractivity contribution in [1.29, 1.82) is 0 Å². The van der Waals surface area contributed by atoms with Crippen LogP contribution >= 0.6 is 0 Å². The summed E-state index contributed by atoms with van der Waals surface area (Å²) in [5, 5.41) is 42.3. The number of phenols is 2. The van der Waals surface area contributed by atoms with Gasteiger partial charge in [-0.05, 0) is 12.1 Å². The monoisotopic (exact) mass is 496 g/mol. The molecule has 0 saturated carbocycles. The van der Waals surface area contributed by atoms with Gasteiger partial charge in [0.05, 0.1) is 17.5 Å². The molecule has 1 aliphatic heterocycles. The number of phenolic OH excluding ortho intramolecular Hbond substituents is 2. The van der Waals surface area contributed by atoms with Crippen LogP contribution in [0.25, 0.3) is 11.2 Å². The molecule has 1 fully saturated rings. The number of nitrogens with one attached hydrogen (secondary N) is 1. The predicted molar refractivity (Wildman–Crippen MR) is 112 cm³/mol. The van der Waals surface area contributed by atoms with Crippen molar-refractivity contribution in [2.75, 3.05) is 12.3 Å². The van der Waals surface area contributed by atoms with Gasteiger partial charge in [0.2, 0.25) is 0 Å². The Bertz CT molecular complexity index is 1300. The number of nitrogens with two attached hydrogens (primary N) is 1. The first kappa shape index (κ1) is 24.2. The highest BCUT2D eigenvalue weighted by molar-refractivity contribution is 5.98. The van der Waals surface area contributed by atoms with Crippen LogP contribution in [0.3, 0.4) is 0 Å². The van der Waals surface area contributed by atoms with Gasteiger partial charge in [0, 0.05) is 6.54 Å². The number of benzene rings is 1. The fourth-order valence-electron chi connectivity index (χ4n) is 3.54. The summed E-state index contributed by atoms with van der Waals surface area (Å²) >= 11 is 0. The number of rotatable bonds is 5. The van der Waals surface area contributed by atoms with E-state index in [0.29, 0.717) is 12.1 Å². The van der Waals surface area contributed by atoms with Gasteiger partial charge < -0.3 is 36.2 Å². The zero-order valence-corrected chi connectivity index (χ0v) is 17.6. The van der Waals surface area contributed by atoms with Crippen LogP contribution in [0.1, 0.15) is 22.1 Å². The maximum absolute atomic E-state index is 12.9. The third-order valence-corrected chi connectivity index (χ3v) is 5.30. The first-order chi connectivity index (χ1) is 16.5. The molecule has 2 aromatic heterocycles. The van der Waals surface area contributed by atoms with E-state index in [4.69, 9.17) is 10.5 Å². The Kier molecular flexibility index (Phi) is 6.23. The Morgan fingerprint density at radius 3 is 2.66 bits per heavy atom. The van der Waals surface area contributed by atoms with Crippen LogP contribution in [0.2, 0.25) is 0 Å². The van der Waals surface area contributed by atoms with Crippen molar-refractivity contribution in [3.8, 4) is 11.5 Å². The maximum atomic E-state index is 12.9. The van der Waals surface area contributed by atoms with Crippen LogP contribution in [-0.4, -0.2) is 70.7 Å². The predicted octanol–water partition coefficient (Wildman–Crippen LogP) is 0.444. The summed E-state index contributed by atoms with van der Waals surface area (Å²) in [6.45, 7) is -0.236. The lowest BCUT2D eigenvalue weighted by atomic mass is 10.1. The van der Waals surface area contributed by atoms with Gasteiger partial charge in [-0.2, -0.15) is 13.2 Å². The van der Waals surface area contributed by atoms with Crippen LogP contribution in [0.4, 0.5) is 19.0 Å². The Morgan fingerprint density at radius 1 is 1.20 bits per heavy atom. The van der Waals surface area contributed by atoms with Crippen molar-refractivity contribution in [2.24, 2.45) is 0 Å². The molecular weight excluding hydrogens is 477 g/mol. The summed E-state index contributed by atoms with van der Waals surface area (Å²) in [4.78, 5) is 24.2. The molecule has 4 atom stereocenters. The third-order valence-electron chi connectivity index (χ3n) is 5.30. The van der Waals surface area contributed by atoms with Gasteiger partial charge in [0.25, 0.3) is 5.91 Å². The van der Waals surface area contributed by atoms with Crippen molar-refractivity contribution >= 4 is 22.9 Å². The van der Waals surface area contributed by atoms with Crippen LogP contribution in [0, 0.1) is 0 Å². The third kappa shape index (κ3) is 4.55. The number of amides is 1. The normalized spacial score (nSPS) is 22.8. The first-order valence-corrected chi connectivity index (χ1v) is 10.0. The van der Waals surface area contributed by atoms with E-state index in [2.05, 4.69) is 20.3 Å². The molecule has 186 valence electrons. The van der Waals surface area contributed by atoms with Crippen LogP contribution in [-0.2, 0) is 10.9 Å². The molecule has 0 spiro atoms. The number of fused-ring (bicyclic) bond motifs is 1. The highest BCUT2D eigenvalue weighted by atomic mass is 19.4. The van der Waals surface area contributed by atoms with Gasteiger partial charge in [-0.3, -0.25) is 9.36 Å². The van der Waals surface area contributed by atoms with E-state index in [9.17, 15) is 38.4 Å². The quantitative estimate of drug-likeness (QED) is 0.214. The summed E-state index contributed by atoms with van der Waals surface area (Å²) in [5.41, 5.74) is 4.21. The van der Waals surface area contributed by atoms with E-state index in [1.807, 2.05) is 0 Å². The van der Waals surface area contributed by atoms with E-state index in [-0.39, 0.29) is 23.5 Å². The zero-order chi connectivity index (χ0) is 25.5. The van der Waals surface area contributed by atoms with E-state index < -0.39 is 59.2 Å². The lowest BCUT2D eigenvalue weighted by Crippen LogP contribution is -2.31. The summed E-state index contributed by atoms with van der Waals surface area (Å²) < 4.78 is 45.8. The largest absolute Gasteiger partial charge is 0.504 e. The van der Waals surface area contributed by atoms with Gasteiger partial charge in [0.1, 0.15) is 30.2 Å². The Morgan fingerprint density at radius 2 is 1.94 bits per heavy atom. The first-order valence-electron chi connectivity index (χ1n) is 10.0. The van der Waals surface area contributed by atoms with Gasteiger partial charge in [-0.15, -0.1) is 0 Å². The number of aromatic nitrogens is 4. The van der Waals surface area contributed by atoms with E-state index in [0.717, 1.165) is 0 Å². The average Bonchev–Trinajstić information content (AvgIpc) is 3.34. The van der Waals surface area contributed by atoms with Crippen molar-refractivity contribution < 1.29 is 43.1 Å². The van der Waals surface area contributed by atoms with Gasteiger partial charge in [-0.1, -0.05) is 12.2 Å². The Balaban J connectivity index is 1.43. The van der Waals surface area contributed by atoms with Crippen molar-refractivity contribution in [2.45, 2.75) is 30.7 Å². The topological polar surface area (TPSA) is 189 Å². The summed E-state index contributed by atoms with van der Waals surface area (Å²) in [7, 11) is 0. The summed E-state index contributed by atoms with van der Waals surface area (Å²) in [5.74, 6) is -3.06. The molecule has 7 N–H and O–H groups in total. The minimum absolute atomic E-state index is 0.120. The van der Waals surface area contributed by atoms with E-state index in [1.165, 1.54) is 29.4 Å². The number of nitrogens with zero attached hydrogens (tertiary/aromatic N) is 4. The van der Waals surface area contributed by atoms with Gasteiger partial charge in [-0.25, -0.2) is 15.0 Å². The molecule has 0 radical (unpaired) electrons. The second-order valence-corrected chi connectivity index (χ2v) is 7.58. The number of hydrogen-bond donors (Lipinski definition) is 6. The molecular formula is C20H19F3N6O6. The number of carbonyl (C=O) groups excluding carboxylic acids is 1. The number of halogens is 3. The Hall–Kier alpha value is -3.95. The molecule has 0 bridgehead atoms. The number of imidazole rings is 1. The standard InChI is InChI=1S/C20H19F3N6O6/c21-20(22,23)8-4-9(13(31)10(30)5-8)18(34)25-3-1-2-11-14(32)15(33)19(35-11)29-7-28-12-16(24)26-6-27-17(12)29/h1-2,4-7,11,14-15,19,30-33H,3H2,(H,25,34)(H2,24,26,27)/b2-1+/t11-,14+,15+,19-/m1/s1. The molecule has 12 nitrogen and oxygen atoms in total. The minimum atomic E-state index is -4.84. The molecule has 15 heteroatoms. The summed E-state index contributed by atoms with van der Waals surface area (Å²) in [6.07, 6.45) is -4.49. The second-order valence-electron chi connectivity index (χ2n) is 7.58. The molecule has 1 aliphatic rings. The highest BCUT2D eigenvalue weighted by Crippen LogP contribution is 2.38. The minimum Gasteiger partial charge on any atom is -0.504 e. The number of aromatic hydroxyl groups is 2. The second kappa shape index (κ2) is 9.01. The average molecular weight is 496 g/mol. The Labute approximate surface area is 194 Å².